The molecule has 0 amide bonds. The molecule has 0 heterocycles. The topological polar surface area (TPSA) is 80.2 Å². The summed E-state index contributed by atoms with van der Waals surface area (Å²) < 4.78 is 16.1. The minimum absolute atomic E-state index is 0.0957. The molecular weight excluding hydrogens is 322 g/mol. The van der Waals surface area contributed by atoms with Crippen molar-refractivity contribution in [2.75, 3.05) is 34.4 Å². The molecule has 0 radical (unpaired) electrons. The van der Waals surface area contributed by atoms with Gasteiger partial charge in [-0.2, -0.15) is 0 Å². The van der Waals surface area contributed by atoms with Gasteiger partial charge in [-0.3, -0.25) is 0 Å². The molecule has 0 aromatic heterocycles. The molecule has 0 aliphatic carbocycles. The largest absolute Gasteiger partial charge is 0.508 e. The first-order valence-corrected chi connectivity index (χ1v) is 8.06. The summed E-state index contributed by atoms with van der Waals surface area (Å²) in [5.41, 5.74) is 1.49. The van der Waals surface area contributed by atoms with Gasteiger partial charge in [-0.15, -0.1) is 0 Å². The number of rotatable bonds is 9. The lowest BCUT2D eigenvalue weighted by atomic mass is 10.1. The third-order valence-corrected chi connectivity index (χ3v) is 3.99. The van der Waals surface area contributed by atoms with Gasteiger partial charge in [0.05, 0.1) is 27.4 Å². The smallest absolute Gasteiger partial charge is 0.203 e. The van der Waals surface area contributed by atoms with Gasteiger partial charge >= 0.3 is 0 Å². The maximum Gasteiger partial charge on any atom is 0.203 e. The molecule has 25 heavy (non-hydrogen) atoms. The average molecular weight is 347 g/mol. The van der Waals surface area contributed by atoms with E-state index in [0.29, 0.717) is 42.3 Å². The number of para-hydroxylation sites is 1. The van der Waals surface area contributed by atoms with Gasteiger partial charge in [0, 0.05) is 12.1 Å². The van der Waals surface area contributed by atoms with E-state index in [9.17, 15) is 10.2 Å². The summed E-state index contributed by atoms with van der Waals surface area (Å²) in [5, 5.41) is 23.1. The molecule has 0 saturated heterocycles. The summed E-state index contributed by atoms with van der Waals surface area (Å²) in [6.45, 7) is 0.976. The van der Waals surface area contributed by atoms with Gasteiger partial charge in [0.25, 0.3) is 0 Å². The van der Waals surface area contributed by atoms with E-state index in [4.69, 9.17) is 14.2 Å². The summed E-state index contributed by atoms with van der Waals surface area (Å²) in [6.07, 6.45) is -0.0784. The van der Waals surface area contributed by atoms with Crippen LogP contribution >= 0.6 is 0 Å². The van der Waals surface area contributed by atoms with Crippen molar-refractivity contribution >= 4 is 0 Å². The first kappa shape index (κ1) is 18.9. The molecule has 2 rings (SSSR count). The van der Waals surface area contributed by atoms with E-state index in [0.717, 1.165) is 5.56 Å². The average Bonchev–Trinajstić information content (AvgIpc) is 2.64. The Bertz CT molecular complexity index is 690. The van der Waals surface area contributed by atoms with E-state index in [1.165, 1.54) is 0 Å². The Morgan fingerprint density at radius 2 is 1.68 bits per heavy atom. The van der Waals surface area contributed by atoms with Crippen LogP contribution in [0.3, 0.4) is 0 Å². The lowest BCUT2D eigenvalue weighted by Gasteiger charge is -2.17. The fourth-order valence-electron chi connectivity index (χ4n) is 2.70. The van der Waals surface area contributed by atoms with Crippen LogP contribution in [0.5, 0.6) is 23.0 Å². The van der Waals surface area contributed by atoms with Gasteiger partial charge in [-0.25, -0.2) is 0 Å². The number of aliphatic hydroxyl groups excluding tert-OH is 1. The number of methoxy groups -OCH3 is 3. The molecule has 2 aromatic rings. The highest BCUT2D eigenvalue weighted by atomic mass is 16.5. The van der Waals surface area contributed by atoms with Crippen molar-refractivity contribution in [2.24, 2.45) is 0 Å². The number of benzene rings is 2. The van der Waals surface area contributed by atoms with E-state index in [1.54, 1.807) is 45.6 Å². The Balaban J connectivity index is 1.95. The SMILES string of the molecule is COc1ccc(CCNCC(O)c2ccccc2O)c(OC)c1OC. The molecule has 6 nitrogen and oxygen atoms in total. The Labute approximate surface area is 148 Å². The van der Waals surface area contributed by atoms with Crippen molar-refractivity contribution in [3.05, 3.63) is 47.5 Å². The van der Waals surface area contributed by atoms with Crippen LogP contribution in [-0.2, 0) is 6.42 Å². The monoisotopic (exact) mass is 347 g/mol. The predicted octanol–water partition coefficient (Wildman–Crippen LogP) is 2.28. The summed E-state index contributed by atoms with van der Waals surface area (Å²) in [5.74, 6) is 1.92. The van der Waals surface area contributed by atoms with Gasteiger partial charge in [-0.05, 0) is 30.7 Å². The molecule has 2 aromatic carbocycles. The molecular formula is C19H25NO5. The maximum absolute atomic E-state index is 10.2. The summed E-state index contributed by atoms with van der Waals surface area (Å²) in [7, 11) is 4.75. The lowest BCUT2D eigenvalue weighted by molar-refractivity contribution is 0.171. The zero-order chi connectivity index (χ0) is 18.2. The second-order valence-corrected chi connectivity index (χ2v) is 5.52. The number of hydrogen-bond acceptors (Lipinski definition) is 6. The molecule has 0 bridgehead atoms. The number of hydrogen-bond donors (Lipinski definition) is 3. The van der Waals surface area contributed by atoms with Gasteiger partial charge < -0.3 is 29.7 Å². The lowest BCUT2D eigenvalue weighted by Crippen LogP contribution is -2.24. The van der Waals surface area contributed by atoms with Crippen LogP contribution in [0.15, 0.2) is 36.4 Å². The molecule has 0 fully saturated rings. The summed E-state index contributed by atoms with van der Waals surface area (Å²) >= 11 is 0. The first-order valence-electron chi connectivity index (χ1n) is 8.06. The zero-order valence-corrected chi connectivity index (χ0v) is 14.8. The van der Waals surface area contributed by atoms with Crippen LogP contribution in [-0.4, -0.2) is 44.6 Å². The van der Waals surface area contributed by atoms with Crippen LogP contribution in [0.4, 0.5) is 0 Å². The van der Waals surface area contributed by atoms with E-state index in [1.807, 2.05) is 12.1 Å². The number of nitrogens with one attached hydrogen (secondary N) is 1. The van der Waals surface area contributed by atoms with Crippen molar-refractivity contribution in [2.45, 2.75) is 12.5 Å². The second-order valence-electron chi connectivity index (χ2n) is 5.52. The van der Waals surface area contributed by atoms with E-state index < -0.39 is 6.10 Å². The Hall–Kier alpha value is -2.44. The summed E-state index contributed by atoms with van der Waals surface area (Å²) in [4.78, 5) is 0. The minimum atomic E-state index is -0.770. The van der Waals surface area contributed by atoms with Gasteiger partial charge in [0.15, 0.2) is 11.5 Å². The van der Waals surface area contributed by atoms with Crippen LogP contribution in [0.2, 0.25) is 0 Å². The predicted molar refractivity (Wildman–Crippen MR) is 95.7 cm³/mol. The number of phenols is 1. The highest BCUT2D eigenvalue weighted by Crippen LogP contribution is 2.39. The first-order chi connectivity index (χ1) is 12.1. The molecule has 1 unspecified atom stereocenters. The van der Waals surface area contributed by atoms with Gasteiger partial charge in [-0.1, -0.05) is 24.3 Å². The van der Waals surface area contributed by atoms with Crippen molar-refractivity contribution in [3.63, 3.8) is 0 Å². The molecule has 0 aliphatic rings. The van der Waals surface area contributed by atoms with Crippen molar-refractivity contribution < 1.29 is 24.4 Å². The molecule has 6 heteroatoms. The maximum atomic E-state index is 10.2. The van der Waals surface area contributed by atoms with Crippen LogP contribution in [0.1, 0.15) is 17.2 Å². The third-order valence-electron chi connectivity index (χ3n) is 3.99. The molecule has 0 saturated carbocycles. The van der Waals surface area contributed by atoms with Gasteiger partial charge in [0.2, 0.25) is 5.75 Å². The fraction of sp³-hybridized carbons (Fsp3) is 0.368. The molecule has 3 N–H and O–H groups in total. The quantitative estimate of drug-likeness (QED) is 0.604. The standard InChI is InChI=1S/C19H25NO5/c1-23-17-9-8-13(18(24-2)19(17)25-3)10-11-20-12-16(22)14-6-4-5-7-15(14)21/h4-9,16,20-22H,10-12H2,1-3H3. The highest BCUT2D eigenvalue weighted by molar-refractivity contribution is 5.55. The van der Waals surface area contributed by atoms with Gasteiger partial charge in [0.1, 0.15) is 5.75 Å². The fourth-order valence-corrected chi connectivity index (χ4v) is 2.70. The molecule has 0 aliphatic heterocycles. The van der Waals surface area contributed by atoms with Crippen LogP contribution in [0, 0.1) is 0 Å². The van der Waals surface area contributed by atoms with Crippen molar-refractivity contribution in [3.8, 4) is 23.0 Å². The van der Waals surface area contributed by atoms with Crippen LogP contribution < -0.4 is 19.5 Å². The third kappa shape index (κ3) is 4.55. The molecule has 136 valence electrons. The normalized spacial score (nSPS) is 11.8. The number of phenolic OH excluding ortho intramolecular Hbond substituents is 1. The number of ether oxygens (including phenoxy) is 3. The Kier molecular flexibility index (Phi) is 6.91. The number of aromatic hydroxyl groups is 1. The van der Waals surface area contributed by atoms with Crippen molar-refractivity contribution in [1.82, 2.24) is 5.32 Å². The second kappa shape index (κ2) is 9.15. The summed E-state index contributed by atoms with van der Waals surface area (Å²) in [6, 6.07) is 10.6. The van der Waals surface area contributed by atoms with E-state index in [2.05, 4.69) is 5.32 Å². The minimum Gasteiger partial charge on any atom is -0.508 e. The molecule has 1 atom stereocenters. The van der Waals surface area contributed by atoms with Crippen LogP contribution in [0.25, 0.3) is 0 Å². The Morgan fingerprint density at radius 3 is 2.32 bits per heavy atom. The zero-order valence-electron chi connectivity index (χ0n) is 14.8. The highest BCUT2D eigenvalue weighted by Gasteiger charge is 2.16. The van der Waals surface area contributed by atoms with E-state index >= 15 is 0 Å². The van der Waals surface area contributed by atoms with Crippen molar-refractivity contribution in [1.29, 1.82) is 0 Å². The van der Waals surface area contributed by atoms with E-state index in [-0.39, 0.29) is 5.75 Å². The number of aliphatic hydroxyl groups is 1. The Morgan fingerprint density at radius 1 is 0.960 bits per heavy atom. The molecule has 0 spiro atoms.